The topological polar surface area (TPSA) is 59.3 Å². The first kappa shape index (κ1) is 14.9. The molecule has 1 aliphatic rings. The Kier molecular flexibility index (Phi) is 3.76. The number of fused-ring (bicyclic) bond motifs is 2. The zero-order chi connectivity index (χ0) is 16.5. The van der Waals surface area contributed by atoms with Gasteiger partial charge in [0.05, 0.1) is 11.9 Å². The zero-order valence-corrected chi connectivity index (χ0v) is 13.7. The van der Waals surface area contributed by atoms with Gasteiger partial charge in [-0.2, -0.15) is 0 Å². The molecule has 0 amide bonds. The molecule has 122 valence electrons. The molecule has 5 heteroatoms. The third-order valence-corrected chi connectivity index (χ3v) is 4.52. The van der Waals surface area contributed by atoms with Crippen LogP contribution < -0.4 is 5.32 Å². The van der Waals surface area contributed by atoms with Gasteiger partial charge in [-0.25, -0.2) is 9.50 Å². The normalized spacial score (nSPS) is 13.5. The molecule has 1 N–H and O–H groups in total. The number of Topliss-reactive ketones (excluding diaryl/α,β-unsaturated/α-hetero) is 1. The Morgan fingerprint density at radius 3 is 3.00 bits per heavy atom. The highest BCUT2D eigenvalue weighted by Gasteiger charge is 2.20. The lowest BCUT2D eigenvalue weighted by Gasteiger charge is -2.07. The fraction of sp³-hybridized carbons (Fsp3) is 0.316. The van der Waals surface area contributed by atoms with Crippen LogP contribution in [0.4, 0.5) is 5.82 Å². The summed E-state index contributed by atoms with van der Waals surface area (Å²) in [7, 11) is 0. The van der Waals surface area contributed by atoms with E-state index in [0.29, 0.717) is 6.42 Å². The van der Waals surface area contributed by atoms with E-state index >= 15 is 0 Å². The van der Waals surface area contributed by atoms with E-state index in [1.54, 1.807) is 0 Å². The van der Waals surface area contributed by atoms with Crippen LogP contribution in [-0.4, -0.2) is 26.9 Å². The summed E-state index contributed by atoms with van der Waals surface area (Å²) >= 11 is 0. The van der Waals surface area contributed by atoms with Gasteiger partial charge in [-0.1, -0.05) is 25.5 Å². The van der Waals surface area contributed by atoms with Crippen molar-refractivity contribution in [3.05, 3.63) is 47.7 Å². The number of hydrogen-bond donors (Lipinski definition) is 1. The second kappa shape index (κ2) is 6.07. The van der Waals surface area contributed by atoms with Gasteiger partial charge in [-0.15, -0.1) is 5.10 Å². The Bertz CT molecular complexity index is 913. The summed E-state index contributed by atoms with van der Waals surface area (Å²) in [6.45, 7) is 3.09. The number of aryl methyl sites for hydroxylation is 1. The van der Waals surface area contributed by atoms with Gasteiger partial charge in [-0.3, -0.25) is 4.79 Å². The van der Waals surface area contributed by atoms with Crippen LogP contribution in [0.25, 0.3) is 16.9 Å². The number of unbranched alkanes of at least 4 members (excludes halogenated alkanes) is 1. The van der Waals surface area contributed by atoms with E-state index in [0.717, 1.165) is 59.7 Å². The van der Waals surface area contributed by atoms with Gasteiger partial charge in [0, 0.05) is 24.1 Å². The lowest BCUT2D eigenvalue weighted by molar-refractivity contribution is 0.0994. The van der Waals surface area contributed by atoms with Crippen LogP contribution in [0.3, 0.4) is 0 Å². The molecule has 24 heavy (non-hydrogen) atoms. The van der Waals surface area contributed by atoms with Crippen LogP contribution >= 0.6 is 0 Å². The van der Waals surface area contributed by atoms with Gasteiger partial charge >= 0.3 is 0 Å². The Balaban J connectivity index is 1.71. The van der Waals surface area contributed by atoms with Crippen LogP contribution in [-0.2, 0) is 6.42 Å². The van der Waals surface area contributed by atoms with Crippen LogP contribution in [0.1, 0.15) is 42.1 Å². The average Bonchev–Trinajstić information content (AvgIpc) is 3.18. The highest BCUT2D eigenvalue weighted by atomic mass is 16.1. The average molecular weight is 320 g/mol. The van der Waals surface area contributed by atoms with Crippen molar-refractivity contribution in [3.63, 3.8) is 0 Å². The van der Waals surface area contributed by atoms with Crippen molar-refractivity contribution in [1.29, 1.82) is 0 Å². The second-order valence-corrected chi connectivity index (χ2v) is 6.21. The van der Waals surface area contributed by atoms with E-state index in [4.69, 9.17) is 0 Å². The van der Waals surface area contributed by atoms with Crippen molar-refractivity contribution >= 4 is 17.2 Å². The quantitative estimate of drug-likeness (QED) is 0.728. The van der Waals surface area contributed by atoms with Crippen molar-refractivity contribution in [1.82, 2.24) is 14.6 Å². The van der Waals surface area contributed by atoms with Crippen LogP contribution in [0, 0.1) is 0 Å². The number of anilines is 1. The van der Waals surface area contributed by atoms with E-state index in [1.807, 2.05) is 35.0 Å². The van der Waals surface area contributed by atoms with Crippen molar-refractivity contribution in [2.75, 3.05) is 11.9 Å². The maximum Gasteiger partial charge on any atom is 0.163 e. The molecule has 0 unspecified atom stereocenters. The number of nitrogens with zero attached hydrogens (tertiary/aromatic N) is 3. The number of nitrogens with one attached hydrogen (secondary N) is 1. The number of carbonyl (C=O) groups is 1. The highest BCUT2D eigenvalue weighted by Crippen LogP contribution is 2.28. The molecule has 1 aromatic carbocycles. The molecule has 5 nitrogen and oxygen atoms in total. The van der Waals surface area contributed by atoms with E-state index in [1.165, 1.54) is 0 Å². The molecular formula is C19H20N4O. The molecule has 4 rings (SSSR count). The molecule has 2 aromatic heterocycles. The maximum atomic E-state index is 11.8. The zero-order valence-electron chi connectivity index (χ0n) is 13.7. The molecule has 0 aliphatic heterocycles. The van der Waals surface area contributed by atoms with E-state index < -0.39 is 0 Å². The predicted molar refractivity (Wildman–Crippen MR) is 94.5 cm³/mol. The first-order chi connectivity index (χ1) is 11.8. The first-order valence-electron chi connectivity index (χ1n) is 8.51. The second-order valence-electron chi connectivity index (χ2n) is 6.21. The Labute approximate surface area is 140 Å². The molecule has 0 spiro atoms. The number of benzene rings is 1. The van der Waals surface area contributed by atoms with Gasteiger partial charge in [0.25, 0.3) is 0 Å². The molecule has 2 heterocycles. The molecule has 0 atom stereocenters. The smallest absolute Gasteiger partial charge is 0.163 e. The number of imidazole rings is 1. The lowest BCUT2D eigenvalue weighted by atomic mass is 10.0. The minimum atomic E-state index is 0.246. The van der Waals surface area contributed by atoms with E-state index in [-0.39, 0.29) is 5.78 Å². The first-order valence-corrected chi connectivity index (χ1v) is 8.51. The monoisotopic (exact) mass is 320 g/mol. The largest absolute Gasteiger partial charge is 0.369 e. The Morgan fingerprint density at radius 2 is 2.12 bits per heavy atom. The molecule has 0 radical (unpaired) electrons. The summed E-state index contributed by atoms with van der Waals surface area (Å²) in [6, 6.07) is 9.96. The molecule has 0 fully saturated rings. The third-order valence-electron chi connectivity index (χ3n) is 4.52. The summed E-state index contributed by atoms with van der Waals surface area (Å²) in [6.07, 6.45) is 5.57. The maximum absolute atomic E-state index is 11.8. The number of aromatic nitrogens is 3. The van der Waals surface area contributed by atoms with Crippen molar-refractivity contribution in [3.8, 4) is 11.3 Å². The molecule has 3 aromatic rings. The molecule has 1 aliphatic carbocycles. The standard InChI is InChI=1S/C19H20N4O/c1-2-3-10-20-18-8-9-19-21-12-16(23(19)22-18)14-4-6-15-13(11-14)5-7-17(15)24/h4,6,8-9,11-12H,2-3,5,7,10H2,1H3,(H,20,22). The van der Waals surface area contributed by atoms with Crippen molar-refractivity contribution < 1.29 is 4.79 Å². The summed E-state index contributed by atoms with van der Waals surface area (Å²) in [4.78, 5) is 16.3. The third kappa shape index (κ3) is 2.56. The Morgan fingerprint density at radius 1 is 1.21 bits per heavy atom. The molecular weight excluding hydrogens is 300 g/mol. The number of ketones is 1. The van der Waals surface area contributed by atoms with Crippen LogP contribution in [0.5, 0.6) is 0 Å². The van der Waals surface area contributed by atoms with Gasteiger partial charge in [0.1, 0.15) is 5.82 Å². The van der Waals surface area contributed by atoms with Gasteiger partial charge in [0.2, 0.25) is 0 Å². The fourth-order valence-electron chi connectivity index (χ4n) is 3.17. The fourth-order valence-corrected chi connectivity index (χ4v) is 3.17. The van der Waals surface area contributed by atoms with Crippen LogP contribution in [0.2, 0.25) is 0 Å². The number of rotatable bonds is 5. The number of carbonyl (C=O) groups excluding carboxylic acids is 1. The SMILES string of the molecule is CCCCNc1ccc2ncc(-c3ccc4c(c3)CCC4=O)n2n1. The van der Waals surface area contributed by atoms with Crippen LogP contribution in [0.15, 0.2) is 36.5 Å². The minimum absolute atomic E-state index is 0.246. The van der Waals surface area contributed by atoms with Gasteiger partial charge in [-0.05, 0) is 36.6 Å². The summed E-state index contributed by atoms with van der Waals surface area (Å²) in [5.41, 5.74) is 4.81. The highest BCUT2D eigenvalue weighted by molar-refractivity contribution is 6.00. The molecule has 0 saturated carbocycles. The van der Waals surface area contributed by atoms with E-state index in [9.17, 15) is 4.79 Å². The number of hydrogen-bond acceptors (Lipinski definition) is 4. The van der Waals surface area contributed by atoms with Gasteiger partial charge in [0.15, 0.2) is 11.4 Å². The Hall–Kier alpha value is -2.69. The molecule has 0 saturated heterocycles. The van der Waals surface area contributed by atoms with Crippen molar-refractivity contribution in [2.24, 2.45) is 0 Å². The van der Waals surface area contributed by atoms with E-state index in [2.05, 4.69) is 28.4 Å². The summed E-state index contributed by atoms with van der Waals surface area (Å²) in [5, 5.41) is 8.02. The predicted octanol–water partition coefficient (Wildman–Crippen LogP) is 3.74. The minimum Gasteiger partial charge on any atom is -0.369 e. The van der Waals surface area contributed by atoms with Crippen molar-refractivity contribution in [2.45, 2.75) is 32.6 Å². The molecule has 0 bridgehead atoms. The lowest BCUT2D eigenvalue weighted by Crippen LogP contribution is -2.05. The summed E-state index contributed by atoms with van der Waals surface area (Å²) < 4.78 is 1.87. The van der Waals surface area contributed by atoms with Gasteiger partial charge < -0.3 is 5.32 Å². The summed E-state index contributed by atoms with van der Waals surface area (Å²) in [5.74, 6) is 1.10.